The largest absolute Gasteiger partial charge is 0.398 e. The molecule has 4 nitrogen and oxygen atoms in total. The number of benzene rings is 1. The average molecular weight is 245 g/mol. The first kappa shape index (κ1) is 12.6. The molecular formula is C14H19N3O. The van der Waals surface area contributed by atoms with Gasteiger partial charge in [0, 0.05) is 12.1 Å². The molecule has 0 unspecified atom stereocenters. The Labute approximate surface area is 107 Å². The fraction of sp³-hybridized carbons (Fsp3) is 0.429. The van der Waals surface area contributed by atoms with E-state index >= 15 is 0 Å². The van der Waals surface area contributed by atoms with Crippen molar-refractivity contribution in [3.8, 4) is 11.5 Å². The van der Waals surface area contributed by atoms with Crippen LogP contribution in [0.5, 0.6) is 0 Å². The van der Waals surface area contributed by atoms with Crippen LogP contribution in [0.4, 0.5) is 5.69 Å². The molecule has 0 aliphatic heterocycles. The third-order valence-electron chi connectivity index (χ3n) is 2.98. The highest BCUT2D eigenvalue weighted by Crippen LogP contribution is 2.28. The number of nitrogens with zero attached hydrogens (tertiary/aromatic N) is 2. The van der Waals surface area contributed by atoms with E-state index in [-0.39, 0.29) is 0 Å². The maximum Gasteiger partial charge on any atom is 0.260 e. The molecule has 0 bridgehead atoms. The van der Waals surface area contributed by atoms with Crippen molar-refractivity contribution >= 4 is 5.69 Å². The van der Waals surface area contributed by atoms with Crippen LogP contribution in [0.3, 0.4) is 0 Å². The molecule has 0 amide bonds. The molecule has 0 atom stereocenters. The number of rotatable bonds is 4. The zero-order chi connectivity index (χ0) is 13.1. The van der Waals surface area contributed by atoms with Crippen molar-refractivity contribution in [3.63, 3.8) is 0 Å². The Morgan fingerprint density at radius 3 is 2.78 bits per heavy atom. The molecule has 2 aromatic rings. The van der Waals surface area contributed by atoms with Gasteiger partial charge in [0.15, 0.2) is 5.82 Å². The van der Waals surface area contributed by atoms with Gasteiger partial charge >= 0.3 is 0 Å². The van der Waals surface area contributed by atoms with E-state index in [9.17, 15) is 0 Å². The third-order valence-corrected chi connectivity index (χ3v) is 2.98. The second kappa shape index (κ2) is 5.21. The number of nitrogens with two attached hydrogens (primary N) is 1. The average Bonchev–Trinajstić information content (AvgIpc) is 2.79. The fourth-order valence-corrected chi connectivity index (χ4v) is 1.96. The Hall–Kier alpha value is -1.84. The van der Waals surface area contributed by atoms with E-state index in [1.165, 1.54) is 0 Å². The van der Waals surface area contributed by atoms with Gasteiger partial charge in [-0.1, -0.05) is 24.6 Å². The predicted octanol–water partition coefficient (Wildman–Crippen LogP) is 3.28. The monoisotopic (exact) mass is 245 g/mol. The highest BCUT2D eigenvalue weighted by molar-refractivity contribution is 5.74. The van der Waals surface area contributed by atoms with Crippen molar-refractivity contribution in [1.29, 1.82) is 0 Å². The van der Waals surface area contributed by atoms with Gasteiger partial charge in [0.1, 0.15) is 0 Å². The number of nitrogen functional groups attached to an aromatic ring is 1. The summed E-state index contributed by atoms with van der Waals surface area (Å²) in [6.07, 6.45) is 3.04. The van der Waals surface area contributed by atoms with E-state index in [0.717, 1.165) is 41.8 Å². The Morgan fingerprint density at radius 2 is 2.06 bits per heavy atom. The molecule has 96 valence electrons. The van der Waals surface area contributed by atoms with Crippen molar-refractivity contribution in [1.82, 2.24) is 10.1 Å². The van der Waals surface area contributed by atoms with Gasteiger partial charge in [-0.05, 0) is 37.5 Å². The molecule has 1 heterocycles. The van der Waals surface area contributed by atoms with E-state index in [1.54, 1.807) is 0 Å². The van der Waals surface area contributed by atoms with E-state index in [4.69, 9.17) is 10.3 Å². The molecule has 2 rings (SSSR count). The number of hydrogen-bond donors (Lipinski definition) is 1. The van der Waals surface area contributed by atoms with E-state index in [2.05, 4.69) is 17.1 Å². The Kier molecular flexibility index (Phi) is 3.65. The lowest BCUT2D eigenvalue weighted by atomic mass is 10.0. The normalized spacial score (nSPS) is 10.8. The number of unbranched alkanes of at least 4 members (excludes halogenated alkanes) is 1. The second-order valence-electron chi connectivity index (χ2n) is 4.66. The first-order chi connectivity index (χ1) is 8.61. The summed E-state index contributed by atoms with van der Waals surface area (Å²) in [7, 11) is 0. The van der Waals surface area contributed by atoms with Crippen LogP contribution >= 0.6 is 0 Å². The Bertz CT molecular complexity index is 546. The summed E-state index contributed by atoms with van der Waals surface area (Å²) in [5.41, 5.74) is 9.80. The zero-order valence-electron chi connectivity index (χ0n) is 11.2. The van der Waals surface area contributed by atoms with Gasteiger partial charge in [0.25, 0.3) is 5.89 Å². The highest BCUT2D eigenvalue weighted by atomic mass is 16.5. The lowest BCUT2D eigenvalue weighted by molar-refractivity contribution is 0.421. The number of hydrogen-bond acceptors (Lipinski definition) is 4. The van der Waals surface area contributed by atoms with Crippen LogP contribution in [0.15, 0.2) is 16.7 Å². The van der Waals surface area contributed by atoms with Crippen molar-refractivity contribution in [2.45, 2.75) is 40.0 Å². The van der Waals surface area contributed by atoms with Gasteiger partial charge in [0.05, 0.1) is 5.56 Å². The third kappa shape index (κ3) is 2.53. The fourth-order valence-electron chi connectivity index (χ4n) is 1.96. The van der Waals surface area contributed by atoms with E-state index in [1.807, 2.05) is 26.0 Å². The van der Waals surface area contributed by atoms with Crippen molar-refractivity contribution in [3.05, 3.63) is 29.1 Å². The van der Waals surface area contributed by atoms with Crippen LogP contribution in [0.25, 0.3) is 11.5 Å². The minimum Gasteiger partial charge on any atom is -0.398 e. The van der Waals surface area contributed by atoms with Crippen molar-refractivity contribution in [2.24, 2.45) is 0 Å². The SMILES string of the molecule is CCCCc1noc(-c2cc(C)cc(C)c2N)n1. The molecule has 0 aliphatic rings. The summed E-state index contributed by atoms with van der Waals surface area (Å²) in [5, 5.41) is 3.99. The standard InChI is InChI=1S/C14H19N3O/c1-4-5-6-12-16-14(18-17-12)11-8-9(2)7-10(3)13(11)15/h7-8H,4-6,15H2,1-3H3. The molecule has 1 aromatic carbocycles. The van der Waals surface area contributed by atoms with Crippen LogP contribution in [0, 0.1) is 13.8 Å². The molecule has 0 radical (unpaired) electrons. The van der Waals surface area contributed by atoms with Crippen LogP contribution in [-0.2, 0) is 6.42 Å². The van der Waals surface area contributed by atoms with Crippen LogP contribution in [-0.4, -0.2) is 10.1 Å². The van der Waals surface area contributed by atoms with Gasteiger partial charge in [-0.15, -0.1) is 0 Å². The molecule has 0 saturated heterocycles. The quantitative estimate of drug-likeness (QED) is 0.839. The van der Waals surface area contributed by atoms with Crippen molar-refractivity contribution in [2.75, 3.05) is 5.73 Å². The topological polar surface area (TPSA) is 64.9 Å². The lowest BCUT2D eigenvalue weighted by Crippen LogP contribution is -1.95. The zero-order valence-corrected chi connectivity index (χ0v) is 11.2. The van der Waals surface area contributed by atoms with E-state index < -0.39 is 0 Å². The highest BCUT2D eigenvalue weighted by Gasteiger charge is 2.13. The molecule has 4 heteroatoms. The van der Waals surface area contributed by atoms with Crippen LogP contribution in [0.1, 0.15) is 36.7 Å². The summed E-state index contributed by atoms with van der Waals surface area (Å²) in [6, 6.07) is 4.03. The van der Waals surface area contributed by atoms with Gasteiger partial charge < -0.3 is 10.3 Å². The summed E-state index contributed by atoms with van der Waals surface area (Å²) in [5.74, 6) is 1.27. The van der Waals surface area contributed by atoms with Crippen LogP contribution in [0.2, 0.25) is 0 Å². The molecule has 0 fully saturated rings. The maximum atomic E-state index is 6.07. The molecule has 1 aromatic heterocycles. The lowest BCUT2D eigenvalue weighted by Gasteiger charge is -2.06. The summed E-state index contributed by atoms with van der Waals surface area (Å²) in [4.78, 5) is 4.40. The first-order valence-corrected chi connectivity index (χ1v) is 6.31. The van der Waals surface area contributed by atoms with Gasteiger partial charge in [-0.2, -0.15) is 4.98 Å². The van der Waals surface area contributed by atoms with Gasteiger partial charge in [-0.25, -0.2) is 0 Å². The van der Waals surface area contributed by atoms with E-state index in [0.29, 0.717) is 11.6 Å². The smallest absolute Gasteiger partial charge is 0.260 e. The number of aromatic nitrogens is 2. The molecule has 0 aliphatic carbocycles. The molecule has 0 spiro atoms. The molecule has 2 N–H and O–H groups in total. The number of aryl methyl sites for hydroxylation is 3. The molecular weight excluding hydrogens is 226 g/mol. The molecule has 0 saturated carbocycles. The second-order valence-corrected chi connectivity index (χ2v) is 4.66. The van der Waals surface area contributed by atoms with Gasteiger partial charge in [0.2, 0.25) is 0 Å². The minimum atomic E-state index is 0.519. The summed E-state index contributed by atoms with van der Waals surface area (Å²) >= 11 is 0. The Balaban J connectivity index is 2.34. The van der Waals surface area contributed by atoms with Crippen LogP contribution < -0.4 is 5.73 Å². The Morgan fingerprint density at radius 1 is 1.28 bits per heavy atom. The summed E-state index contributed by atoms with van der Waals surface area (Å²) in [6.45, 7) is 6.16. The predicted molar refractivity (Wildman–Crippen MR) is 72.2 cm³/mol. The van der Waals surface area contributed by atoms with Crippen molar-refractivity contribution < 1.29 is 4.52 Å². The summed E-state index contributed by atoms with van der Waals surface area (Å²) < 4.78 is 5.30. The number of anilines is 1. The van der Waals surface area contributed by atoms with Gasteiger partial charge in [-0.3, -0.25) is 0 Å². The first-order valence-electron chi connectivity index (χ1n) is 6.31. The minimum absolute atomic E-state index is 0.519. The maximum absolute atomic E-state index is 6.07. The molecule has 18 heavy (non-hydrogen) atoms.